The largest absolute Gasteiger partial charge is 0.435 e. The molecule has 2 heterocycles. The molecule has 0 aliphatic carbocycles. The number of amides is 1. The van der Waals surface area contributed by atoms with Gasteiger partial charge >= 0.3 is 6.18 Å². The molecule has 0 aliphatic heterocycles. The summed E-state index contributed by atoms with van der Waals surface area (Å²) in [5.41, 5.74) is -0.448. The molecule has 0 atom stereocenters. The van der Waals surface area contributed by atoms with Crippen molar-refractivity contribution in [3.05, 3.63) is 64.8 Å². The number of carbonyl (C=O) groups is 1. The molecule has 0 fully saturated rings. The van der Waals surface area contributed by atoms with Crippen molar-refractivity contribution < 1.29 is 22.4 Å². The van der Waals surface area contributed by atoms with E-state index in [1.165, 1.54) is 23.0 Å². The van der Waals surface area contributed by atoms with Gasteiger partial charge in [-0.3, -0.25) is 14.2 Å². The van der Waals surface area contributed by atoms with Crippen LogP contribution in [0.3, 0.4) is 0 Å². The summed E-state index contributed by atoms with van der Waals surface area (Å²) in [6.45, 7) is -0.218. The molecular weight excluding hydrogens is 390 g/mol. The molecule has 0 radical (unpaired) electrons. The molecule has 3 aromatic rings. The second-order valence-corrected chi connectivity index (χ2v) is 6.00. The maximum atomic E-state index is 13.2. The fourth-order valence-corrected chi connectivity index (χ4v) is 2.50. The highest BCUT2D eigenvalue weighted by atomic mass is 35.5. The van der Waals surface area contributed by atoms with E-state index in [4.69, 9.17) is 11.6 Å². The van der Waals surface area contributed by atoms with Crippen molar-refractivity contribution in [3.63, 3.8) is 0 Å². The van der Waals surface area contributed by atoms with Crippen LogP contribution >= 0.6 is 11.6 Å². The molecule has 3 rings (SSSR count). The van der Waals surface area contributed by atoms with Gasteiger partial charge in [0.2, 0.25) is 5.91 Å². The first kappa shape index (κ1) is 18.9. The molecule has 27 heavy (non-hydrogen) atoms. The van der Waals surface area contributed by atoms with Crippen LogP contribution in [0.25, 0.3) is 0 Å². The Morgan fingerprint density at radius 3 is 2.63 bits per heavy atom. The molecule has 1 aromatic carbocycles. The van der Waals surface area contributed by atoms with Crippen LogP contribution in [0.2, 0.25) is 5.02 Å². The number of aromatic nitrogens is 4. The van der Waals surface area contributed by atoms with Crippen molar-refractivity contribution in [3.8, 4) is 0 Å². The first-order valence-electron chi connectivity index (χ1n) is 7.58. The Bertz CT molecular complexity index is 966. The van der Waals surface area contributed by atoms with E-state index in [0.29, 0.717) is 5.56 Å². The minimum atomic E-state index is -4.58. The van der Waals surface area contributed by atoms with E-state index in [1.807, 2.05) is 0 Å². The highest BCUT2D eigenvalue weighted by Crippen LogP contribution is 2.27. The van der Waals surface area contributed by atoms with E-state index in [9.17, 15) is 22.4 Å². The lowest BCUT2D eigenvalue weighted by Gasteiger charge is -2.04. The van der Waals surface area contributed by atoms with E-state index < -0.39 is 30.1 Å². The molecule has 6 nitrogen and oxygen atoms in total. The quantitative estimate of drug-likeness (QED) is 0.665. The summed E-state index contributed by atoms with van der Waals surface area (Å²) in [5.74, 6) is -0.997. The molecule has 0 spiro atoms. The third-order valence-corrected chi connectivity index (χ3v) is 3.72. The Hall–Kier alpha value is -2.88. The second kappa shape index (κ2) is 7.39. The maximum absolute atomic E-state index is 13.2. The summed E-state index contributed by atoms with van der Waals surface area (Å²) in [7, 11) is 0. The van der Waals surface area contributed by atoms with Crippen molar-refractivity contribution in [2.45, 2.75) is 19.3 Å². The summed E-state index contributed by atoms with van der Waals surface area (Å²) in [4.78, 5) is 12.0. The smallest absolute Gasteiger partial charge is 0.306 e. The van der Waals surface area contributed by atoms with Gasteiger partial charge in [0.1, 0.15) is 17.4 Å². The van der Waals surface area contributed by atoms with Crippen LogP contribution in [-0.2, 0) is 24.1 Å². The van der Waals surface area contributed by atoms with E-state index in [2.05, 4.69) is 15.5 Å². The number of nitrogens with one attached hydrogen (secondary N) is 1. The molecule has 142 valence electrons. The molecule has 0 aliphatic rings. The van der Waals surface area contributed by atoms with E-state index in [1.54, 1.807) is 12.1 Å². The number of halogens is 5. The molecular formula is C16H12ClF4N5O. The van der Waals surface area contributed by atoms with Crippen LogP contribution in [-0.4, -0.2) is 25.5 Å². The standard InChI is InChI=1S/C16H12ClF4N5O/c17-12-8-26(7-10-2-1-3-11(18)6-10)24-15(12)22-14(27)9-25-5-4-13(23-25)16(19,20)21/h1-6,8H,7,9H2,(H,22,24,27). The van der Waals surface area contributed by atoms with Crippen LogP contribution in [0.5, 0.6) is 0 Å². The van der Waals surface area contributed by atoms with Crippen LogP contribution in [0, 0.1) is 5.82 Å². The Morgan fingerprint density at radius 2 is 1.96 bits per heavy atom. The highest BCUT2D eigenvalue weighted by Gasteiger charge is 2.33. The van der Waals surface area contributed by atoms with Crippen molar-refractivity contribution in [2.75, 3.05) is 5.32 Å². The average molecular weight is 402 g/mol. The molecule has 0 unspecified atom stereocenters. The summed E-state index contributed by atoms with van der Waals surface area (Å²) in [5, 5.41) is 9.91. The number of hydrogen-bond acceptors (Lipinski definition) is 3. The van der Waals surface area contributed by atoms with Gasteiger partial charge in [0, 0.05) is 12.4 Å². The van der Waals surface area contributed by atoms with Gasteiger partial charge in [0.05, 0.1) is 6.54 Å². The average Bonchev–Trinajstić information content (AvgIpc) is 3.14. The van der Waals surface area contributed by atoms with Crippen LogP contribution in [0.1, 0.15) is 11.3 Å². The molecule has 0 bridgehead atoms. The zero-order valence-corrected chi connectivity index (χ0v) is 14.3. The minimum Gasteiger partial charge on any atom is -0.306 e. The van der Waals surface area contributed by atoms with E-state index in [0.717, 1.165) is 16.9 Å². The van der Waals surface area contributed by atoms with Gasteiger partial charge in [0.15, 0.2) is 11.5 Å². The minimum absolute atomic E-state index is 0.0428. The molecule has 11 heteroatoms. The van der Waals surface area contributed by atoms with Crippen LogP contribution < -0.4 is 5.32 Å². The number of carbonyl (C=O) groups excluding carboxylic acids is 1. The van der Waals surface area contributed by atoms with Gasteiger partial charge in [-0.15, -0.1) is 0 Å². The predicted octanol–water partition coefficient (Wildman–Crippen LogP) is 3.58. The first-order chi connectivity index (χ1) is 12.7. The highest BCUT2D eigenvalue weighted by molar-refractivity contribution is 6.33. The summed E-state index contributed by atoms with van der Waals surface area (Å²) < 4.78 is 53.0. The fraction of sp³-hybridized carbons (Fsp3) is 0.188. The second-order valence-electron chi connectivity index (χ2n) is 5.60. The number of nitrogens with zero attached hydrogens (tertiary/aromatic N) is 4. The molecule has 2 aromatic heterocycles. The summed E-state index contributed by atoms with van der Waals surface area (Å²) in [6, 6.07) is 6.67. The zero-order valence-electron chi connectivity index (χ0n) is 13.5. The predicted molar refractivity (Wildman–Crippen MR) is 88.6 cm³/mol. The SMILES string of the molecule is O=C(Cn1ccc(C(F)(F)F)n1)Nc1nn(Cc2cccc(F)c2)cc1Cl. The lowest BCUT2D eigenvalue weighted by molar-refractivity contribution is -0.141. The lowest BCUT2D eigenvalue weighted by Crippen LogP contribution is -2.20. The topological polar surface area (TPSA) is 64.7 Å². The Morgan fingerprint density at radius 1 is 1.19 bits per heavy atom. The number of anilines is 1. The molecule has 1 amide bonds. The lowest BCUT2D eigenvalue weighted by atomic mass is 10.2. The number of benzene rings is 1. The maximum Gasteiger partial charge on any atom is 0.435 e. The third-order valence-electron chi connectivity index (χ3n) is 3.45. The number of hydrogen-bond donors (Lipinski definition) is 1. The Labute approximate surface area is 155 Å². The van der Waals surface area contributed by atoms with Crippen molar-refractivity contribution in [2.24, 2.45) is 0 Å². The van der Waals surface area contributed by atoms with Gasteiger partial charge in [-0.2, -0.15) is 23.4 Å². The number of alkyl halides is 3. The van der Waals surface area contributed by atoms with Gasteiger partial charge < -0.3 is 5.32 Å². The van der Waals surface area contributed by atoms with Gasteiger partial charge in [0.25, 0.3) is 0 Å². The summed E-state index contributed by atoms with van der Waals surface area (Å²) >= 11 is 6.01. The van der Waals surface area contributed by atoms with E-state index >= 15 is 0 Å². The van der Waals surface area contributed by atoms with E-state index in [-0.39, 0.29) is 17.4 Å². The van der Waals surface area contributed by atoms with Gasteiger partial charge in [-0.25, -0.2) is 4.39 Å². The van der Waals surface area contributed by atoms with Crippen LogP contribution in [0.15, 0.2) is 42.7 Å². The fourth-order valence-electron chi connectivity index (χ4n) is 2.30. The van der Waals surface area contributed by atoms with Crippen molar-refractivity contribution in [1.82, 2.24) is 19.6 Å². The molecule has 0 saturated carbocycles. The van der Waals surface area contributed by atoms with Gasteiger partial charge in [-0.05, 0) is 23.8 Å². The van der Waals surface area contributed by atoms with Gasteiger partial charge in [-0.1, -0.05) is 23.7 Å². The normalized spacial score (nSPS) is 11.6. The third kappa shape index (κ3) is 4.85. The molecule has 1 N–H and O–H groups in total. The van der Waals surface area contributed by atoms with Crippen molar-refractivity contribution in [1.29, 1.82) is 0 Å². The monoisotopic (exact) mass is 401 g/mol. The van der Waals surface area contributed by atoms with Crippen molar-refractivity contribution >= 4 is 23.3 Å². The zero-order chi connectivity index (χ0) is 19.6. The first-order valence-corrected chi connectivity index (χ1v) is 7.96. The van der Waals surface area contributed by atoms with Crippen LogP contribution in [0.4, 0.5) is 23.4 Å². The Balaban J connectivity index is 1.64. The Kier molecular flexibility index (Phi) is 5.17. The molecule has 0 saturated heterocycles. The number of rotatable bonds is 5. The summed E-state index contributed by atoms with van der Waals surface area (Å²) in [6.07, 6.45) is -2.09.